The maximum Gasteiger partial charge on any atom is 0.338 e. The first-order valence-electron chi connectivity index (χ1n) is 6.81. The number of esters is 1. The highest BCUT2D eigenvalue weighted by atomic mass is 35.5. The summed E-state index contributed by atoms with van der Waals surface area (Å²) in [5.41, 5.74) is 2.24. The van der Waals surface area contributed by atoms with Gasteiger partial charge in [0, 0.05) is 10.6 Å². The summed E-state index contributed by atoms with van der Waals surface area (Å²) < 4.78 is 4.99. The fraction of sp³-hybridized carbons (Fsp3) is 0.125. The number of nitrogens with one attached hydrogen (secondary N) is 1. The lowest BCUT2D eigenvalue weighted by Gasteiger charge is -2.02. The van der Waals surface area contributed by atoms with Gasteiger partial charge in [0.15, 0.2) is 0 Å². The first-order valence-corrected chi connectivity index (χ1v) is 7.94. The normalized spacial score (nSPS) is 11.0. The standard InChI is InChI=1S/C16H11Cl3N2O2/c1-2-23-16(22)8-5-12(19)14-13(6-8)20-15(21-14)10-4-3-9(17)7-11(10)18/h3-7H,2H2,1H3,(H,20,21). The van der Waals surface area contributed by atoms with E-state index >= 15 is 0 Å². The number of rotatable bonds is 3. The molecule has 0 radical (unpaired) electrons. The molecule has 1 heterocycles. The number of benzene rings is 2. The number of halogens is 3. The van der Waals surface area contributed by atoms with E-state index in [1.165, 1.54) is 6.07 Å². The highest BCUT2D eigenvalue weighted by molar-refractivity contribution is 6.37. The molecule has 0 saturated heterocycles. The van der Waals surface area contributed by atoms with Crippen molar-refractivity contribution in [3.63, 3.8) is 0 Å². The Morgan fingerprint density at radius 1 is 1.17 bits per heavy atom. The largest absolute Gasteiger partial charge is 0.462 e. The van der Waals surface area contributed by atoms with E-state index in [0.717, 1.165) is 0 Å². The third-order valence-electron chi connectivity index (χ3n) is 3.24. The molecule has 4 nitrogen and oxygen atoms in total. The Bertz CT molecular complexity index is 906. The van der Waals surface area contributed by atoms with Gasteiger partial charge in [-0.05, 0) is 37.3 Å². The number of carbonyl (C=O) groups excluding carboxylic acids is 1. The summed E-state index contributed by atoms with van der Waals surface area (Å²) in [4.78, 5) is 19.4. The SMILES string of the molecule is CCOC(=O)c1cc(Cl)c2nc(-c3ccc(Cl)cc3Cl)[nH]c2c1. The second kappa shape index (κ2) is 6.40. The molecule has 23 heavy (non-hydrogen) atoms. The molecule has 0 amide bonds. The van der Waals surface area contributed by atoms with Crippen LogP contribution in [0.25, 0.3) is 22.4 Å². The molecule has 0 saturated carbocycles. The number of hydrogen-bond acceptors (Lipinski definition) is 3. The molecule has 1 N–H and O–H groups in total. The molecule has 0 aliphatic carbocycles. The lowest BCUT2D eigenvalue weighted by atomic mass is 10.2. The topological polar surface area (TPSA) is 55.0 Å². The van der Waals surface area contributed by atoms with Crippen LogP contribution in [0, 0.1) is 0 Å². The van der Waals surface area contributed by atoms with Gasteiger partial charge in [-0.2, -0.15) is 0 Å². The summed E-state index contributed by atoms with van der Waals surface area (Å²) in [6.07, 6.45) is 0. The molecule has 3 aromatic rings. The van der Waals surface area contributed by atoms with E-state index in [9.17, 15) is 4.79 Å². The van der Waals surface area contributed by atoms with E-state index < -0.39 is 5.97 Å². The summed E-state index contributed by atoms with van der Waals surface area (Å²) in [7, 11) is 0. The number of nitrogens with zero attached hydrogens (tertiary/aromatic N) is 1. The minimum Gasteiger partial charge on any atom is -0.462 e. The molecule has 7 heteroatoms. The van der Waals surface area contributed by atoms with Gasteiger partial charge in [-0.1, -0.05) is 34.8 Å². The Kier molecular flexibility index (Phi) is 4.48. The van der Waals surface area contributed by atoms with Crippen LogP contribution in [0.15, 0.2) is 30.3 Å². The van der Waals surface area contributed by atoms with Crippen LogP contribution in [0.2, 0.25) is 15.1 Å². The van der Waals surface area contributed by atoms with Crippen LogP contribution in [0.1, 0.15) is 17.3 Å². The van der Waals surface area contributed by atoms with Crippen molar-refractivity contribution in [2.75, 3.05) is 6.61 Å². The molecular weight excluding hydrogens is 359 g/mol. The van der Waals surface area contributed by atoms with Gasteiger partial charge >= 0.3 is 5.97 Å². The zero-order chi connectivity index (χ0) is 16.6. The summed E-state index contributed by atoms with van der Waals surface area (Å²) in [6.45, 7) is 2.04. The minimum atomic E-state index is -0.433. The first-order chi connectivity index (χ1) is 11.0. The van der Waals surface area contributed by atoms with Crippen molar-refractivity contribution in [2.24, 2.45) is 0 Å². The van der Waals surface area contributed by atoms with E-state index in [0.29, 0.717) is 49.7 Å². The van der Waals surface area contributed by atoms with Gasteiger partial charge in [0.05, 0.1) is 27.7 Å². The number of carbonyl (C=O) groups is 1. The van der Waals surface area contributed by atoms with Crippen LogP contribution in [-0.4, -0.2) is 22.5 Å². The second-order valence-corrected chi connectivity index (χ2v) is 6.04. The van der Waals surface area contributed by atoms with Crippen LogP contribution in [-0.2, 0) is 4.74 Å². The predicted octanol–water partition coefficient (Wildman–Crippen LogP) is 5.37. The molecule has 1 aromatic heterocycles. The van der Waals surface area contributed by atoms with Crippen LogP contribution in [0.3, 0.4) is 0 Å². The van der Waals surface area contributed by atoms with Gasteiger partial charge in [-0.3, -0.25) is 0 Å². The number of imidazole rings is 1. The van der Waals surface area contributed by atoms with Crippen molar-refractivity contribution >= 4 is 51.8 Å². The summed E-state index contributed by atoms with van der Waals surface area (Å²) in [5, 5.41) is 1.37. The molecule has 0 bridgehead atoms. The third-order valence-corrected chi connectivity index (χ3v) is 4.07. The maximum atomic E-state index is 11.9. The quantitative estimate of drug-likeness (QED) is 0.632. The second-order valence-electron chi connectivity index (χ2n) is 4.78. The third kappa shape index (κ3) is 3.15. The zero-order valence-corrected chi connectivity index (χ0v) is 14.3. The van der Waals surface area contributed by atoms with E-state index in [-0.39, 0.29) is 0 Å². The molecule has 0 atom stereocenters. The van der Waals surface area contributed by atoms with Crippen molar-refractivity contribution in [1.29, 1.82) is 0 Å². The van der Waals surface area contributed by atoms with Crippen LogP contribution >= 0.6 is 34.8 Å². The van der Waals surface area contributed by atoms with Crippen LogP contribution < -0.4 is 0 Å². The average molecular weight is 370 g/mol. The van der Waals surface area contributed by atoms with E-state index in [4.69, 9.17) is 39.5 Å². The van der Waals surface area contributed by atoms with Gasteiger partial charge in [0.2, 0.25) is 0 Å². The summed E-state index contributed by atoms with van der Waals surface area (Å²) >= 11 is 18.3. The van der Waals surface area contributed by atoms with E-state index in [1.807, 2.05) is 0 Å². The highest BCUT2D eigenvalue weighted by Gasteiger charge is 2.15. The zero-order valence-electron chi connectivity index (χ0n) is 12.0. The smallest absolute Gasteiger partial charge is 0.338 e. The monoisotopic (exact) mass is 368 g/mol. The molecule has 0 fully saturated rings. The Morgan fingerprint density at radius 2 is 1.96 bits per heavy atom. The molecule has 2 aromatic carbocycles. The van der Waals surface area contributed by atoms with E-state index in [1.54, 1.807) is 31.2 Å². The number of fused-ring (bicyclic) bond motifs is 1. The van der Waals surface area contributed by atoms with Crippen molar-refractivity contribution in [3.8, 4) is 11.4 Å². The average Bonchev–Trinajstić information content (AvgIpc) is 2.91. The van der Waals surface area contributed by atoms with Crippen molar-refractivity contribution in [1.82, 2.24) is 9.97 Å². The lowest BCUT2D eigenvalue weighted by molar-refractivity contribution is 0.0526. The Labute approximate surface area is 147 Å². The first kappa shape index (κ1) is 16.1. The van der Waals surface area contributed by atoms with Gasteiger partial charge in [-0.15, -0.1) is 0 Å². The lowest BCUT2D eigenvalue weighted by Crippen LogP contribution is -2.04. The summed E-state index contributed by atoms with van der Waals surface area (Å²) in [6, 6.07) is 8.32. The highest BCUT2D eigenvalue weighted by Crippen LogP contribution is 2.32. The van der Waals surface area contributed by atoms with Gasteiger partial charge in [0.25, 0.3) is 0 Å². The van der Waals surface area contributed by atoms with Crippen molar-refractivity contribution < 1.29 is 9.53 Å². The Balaban J connectivity index is 2.11. The minimum absolute atomic E-state index is 0.295. The Morgan fingerprint density at radius 3 is 2.65 bits per heavy atom. The van der Waals surface area contributed by atoms with Gasteiger partial charge in [-0.25, -0.2) is 9.78 Å². The fourth-order valence-electron chi connectivity index (χ4n) is 2.22. The molecule has 0 unspecified atom stereocenters. The summed E-state index contributed by atoms with van der Waals surface area (Å²) in [5.74, 6) is 0.113. The van der Waals surface area contributed by atoms with Crippen LogP contribution in [0.4, 0.5) is 0 Å². The molecule has 0 spiro atoms. The molecule has 0 aliphatic heterocycles. The molecule has 3 rings (SSSR count). The number of aromatic amines is 1. The fourth-order valence-corrected chi connectivity index (χ4v) is 2.98. The van der Waals surface area contributed by atoms with Crippen molar-refractivity contribution in [3.05, 3.63) is 51.0 Å². The van der Waals surface area contributed by atoms with Gasteiger partial charge in [0.1, 0.15) is 11.3 Å². The molecular formula is C16H11Cl3N2O2. The van der Waals surface area contributed by atoms with Gasteiger partial charge < -0.3 is 9.72 Å². The number of aromatic nitrogens is 2. The predicted molar refractivity (Wildman–Crippen MR) is 92.5 cm³/mol. The molecule has 118 valence electrons. The molecule has 0 aliphatic rings. The Hall–Kier alpha value is -1.75. The maximum absolute atomic E-state index is 11.9. The van der Waals surface area contributed by atoms with Crippen LogP contribution in [0.5, 0.6) is 0 Å². The number of ether oxygens (including phenoxy) is 1. The number of hydrogen-bond donors (Lipinski definition) is 1. The number of H-pyrrole nitrogens is 1. The van der Waals surface area contributed by atoms with E-state index in [2.05, 4.69) is 9.97 Å². The van der Waals surface area contributed by atoms with Crippen molar-refractivity contribution in [2.45, 2.75) is 6.92 Å².